The Morgan fingerprint density at radius 3 is 2.42 bits per heavy atom. The first-order chi connectivity index (χ1) is 16.2. The van der Waals surface area contributed by atoms with E-state index in [0.717, 1.165) is 57.0 Å². The van der Waals surface area contributed by atoms with Crippen molar-refractivity contribution in [2.75, 3.05) is 13.2 Å². The first-order valence-electron chi connectivity index (χ1n) is 11.4. The Bertz CT molecular complexity index is 1150. The summed E-state index contributed by atoms with van der Waals surface area (Å²) < 4.78 is 18.9. The Balaban J connectivity index is 1.48. The highest BCUT2D eigenvalue weighted by atomic mass is 79.9. The van der Waals surface area contributed by atoms with Gasteiger partial charge in [-0.1, -0.05) is 22.9 Å². The molecule has 0 fully saturated rings. The largest absolute Gasteiger partial charge is 0.494 e. The van der Waals surface area contributed by atoms with Crippen molar-refractivity contribution in [3.8, 4) is 17.2 Å². The van der Waals surface area contributed by atoms with E-state index in [4.69, 9.17) is 19.3 Å². The van der Waals surface area contributed by atoms with E-state index >= 15 is 0 Å². The normalized spacial score (nSPS) is 18.8. The smallest absolute Gasteiger partial charge is 0.213 e. The van der Waals surface area contributed by atoms with E-state index < -0.39 is 0 Å². The summed E-state index contributed by atoms with van der Waals surface area (Å²) in [4.78, 5) is 0. The molecule has 2 aliphatic rings. The van der Waals surface area contributed by atoms with Crippen LogP contribution in [0.5, 0.6) is 17.2 Å². The van der Waals surface area contributed by atoms with E-state index in [9.17, 15) is 0 Å². The van der Waals surface area contributed by atoms with Crippen LogP contribution in [0.4, 0.5) is 0 Å². The summed E-state index contributed by atoms with van der Waals surface area (Å²) in [6, 6.07) is 22.6. The lowest BCUT2D eigenvalue weighted by Crippen LogP contribution is -2.33. The van der Waals surface area contributed by atoms with Crippen molar-refractivity contribution < 1.29 is 14.2 Å². The van der Waals surface area contributed by atoms with Gasteiger partial charge in [-0.25, -0.2) is 5.01 Å². The fourth-order valence-corrected chi connectivity index (χ4v) is 4.69. The summed E-state index contributed by atoms with van der Waals surface area (Å²) in [6.45, 7) is 5.47. The molecule has 0 saturated carbocycles. The van der Waals surface area contributed by atoms with Gasteiger partial charge in [0.25, 0.3) is 0 Å². The minimum absolute atomic E-state index is 0.105. The third-order valence-electron chi connectivity index (χ3n) is 5.89. The average Bonchev–Trinajstić information content (AvgIpc) is 3.29. The molecular weight excluding hydrogens is 480 g/mol. The van der Waals surface area contributed by atoms with Gasteiger partial charge in [0.05, 0.1) is 25.0 Å². The van der Waals surface area contributed by atoms with Gasteiger partial charge < -0.3 is 14.2 Å². The zero-order chi connectivity index (χ0) is 22.8. The third-order valence-corrected chi connectivity index (χ3v) is 6.38. The van der Waals surface area contributed by atoms with E-state index in [1.165, 1.54) is 0 Å². The summed E-state index contributed by atoms with van der Waals surface area (Å²) in [6.07, 6.45) is 1.50. The molecule has 0 saturated heterocycles. The van der Waals surface area contributed by atoms with E-state index in [2.05, 4.69) is 58.2 Å². The summed E-state index contributed by atoms with van der Waals surface area (Å²) in [5.74, 6) is 2.65. The van der Waals surface area contributed by atoms with Gasteiger partial charge in [0.15, 0.2) is 0 Å². The molecule has 2 aliphatic heterocycles. The molecule has 3 aromatic rings. The number of benzene rings is 3. The predicted molar refractivity (Wildman–Crippen MR) is 133 cm³/mol. The molecule has 0 amide bonds. The van der Waals surface area contributed by atoms with Gasteiger partial charge in [0, 0.05) is 22.0 Å². The highest BCUT2D eigenvalue weighted by Crippen LogP contribution is 2.48. The van der Waals surface area contributed by atoms with Crippen molar-refractivity contribution in [3.63, 3.8) is 0 Å². The monoisotopic (exact) mass is 506 g/mol. The van der Waals surface area contributed by atoms with Crippen molar-refractivity contribution >= 4 is 21.6 Å². The molecule has 2 heterocycles. The number of hydrogen-bond acceptors (Lipinski definition) is 5. The fraction of sp³-hybridized carbons (Fsp3) is 0.296. The Hall–Kier alpha value is -2.99. The Morgan fingerprint density at radius 1 is 0.970 bits per heavy atom. The van der Waals surface area contributed by atoms with Gasteiger partial charge >= 0.3 is 0 Å². The Morgan fingerprint density at radius 2 is 1.70 bits per heavy atom. The summed E-state index contributed by atoms with van der Waals surface area (Å²) in [5.41, 5.74) is 4.35. The second-order valence-electron chi connectivity index (χ2n) is 8.17. The highest BCUT2D eigenvalue weighted by molar-refractivity contribution is 9.10. The van der Waals surface area contributed by atoms with Crippen molar-refractivity contribution in [2.24, 2.45) is 5.10 Å². The number of halogens is 1. The van der Waals surface area contributed by atoms with Crippen molar-refractivity contribution in [3.05, 3.63) is 87.9 Å². The van der Waals surface area contributed by atoms with Gasteiger partial charge in [-0.05, 0) is 85.6 Å². The summed E-state index contributed by atoms with van der Waals surface area (Å²) in [7, 11) is 0. The molecule has 170 valence electrons. The average molecular weight is 507 g/mol. The Kier molecular flexibility index (Phi) is 6.27. The number of nitrogens with zero attached hydrogens (tertiary/aromatic N) is 2. The van der Waals surface area contributed by atoms with Gasteiger partial charge in [-0.15, -0.1) is 0 Å². The first kappa shape index (κ1) is 21.8. The minimum atomic E-state index is -0.302. The van der Waals surface area contributed by atoms with Crippen LogP contribution in [0.1, 0.15) is 55.6 Å². The van der Waals surface area contributed by atoms with Crippen molar-refractivity contribution in [1.29, 1.82) is 0 Å². The minimum Gasteiger partial charge on any atom is -0.494 e. The molecule has 0 bridgehead atoms. The molecule has 5 nitrogen and oxygen atoms in total. The fourth-order valence-electron chi connectivity index (χ4n) is 4.31. The molecule has 0 spiro atoms. The standard InChI is InChI=1S/C27H27BrN2O3/c1-3-15-32-22-12-7-19(8-13-22)27-30-25(23-16-20(28)9-14-26(23)33-27)17-24(29-30)18-5-10-21(11-6-18)31-4-2/h5-14,16,25,27H,3-4,15,17H2,1-2H3/t25-,27-/m0/s1. The maximum absolute atomic E-state index is 6.48. The molecule has 0 aliphatic carbocycles. The molecule has 0 radical (unpaired) electrons. The van der Waals surface area contributed by atoms with Crippen LogP contribution in [0.3, 0.4) is 0 Å². The molecule has 33 heavy (non-hydrogen) atoms. The van der Waals surface area contributed by atoms with Crippen molar-refractivity contribution in [2.45, 2.75) is 39.0 Å². The summed E-state index contributed by atoms with van der Waals surface area (Å²) >= 11 is 3.62. The van der Waals surface area contributed by atoms with Crippen LogP contribution in [0.15, 0.2) is 76.3 Å². The molecule has 0 N–H and O–H groups in total. The van der Waals surface area contributed by atoms with Gasteiger partial charge in [-0.2, -0.15) is 5.10 Å². The van der Waals surface area contributed by atoms with Crippen molar-refractivity contribution in [1.82, 2.24) is 5.01 Å². The zero-order valence-electron chi connectivity index (χ0n) is 18.8. The molecule has 3 aromatic carbocycles. The number of rotatable bonds is 7. The SMILES string of the molecule is CCCOc1ccc([C@@H]2Oc3ccc(Br)cc3[C@@H]3CC(c4ccc(OCC)cc4)=NN32)cc1. The number of hydrazone groups is 1. The second kappa shape index (κ2) is 9.48. The zero-order valence-corrected chi connectivity index (χ0v) is 20.4. The molecule has 2 atom stereocenters. The van der Waals surface area contributed by atoms with E-state index in [-0.39, 0.29) is 12.3 Å². The topological polar surface area (TPSA) is 43.3 Å². The maximum atomic E-state index is 6.48. The molecule has 0 aromatic heterocycles. The predicted octanol–water partition coefficient (Wildman–Crippen LogP) is 6.88. The van der Waals surface area contributed by atoms with E-state index in [0.29, 0.717) is 13.2 Å². The number of ether oxygens (including phenoxy) is 3. The molecule has 6 heteroatoms. The van der Waals surface area contributed by atoms with Crippen LogP contribution < -0.4 is 14.2 Å². The van der Waals surface area contributed by atoms with Crippen LogP contribution in [0.25, 0.3) is 0 Å². The second-order valence-corrected chi connectivity index (χ2v) is 9.09. The lowest BCUT2D eigenvalue weighted by molar-refractivity contribution is -0.0191. The van der Waals surface area contributed by atoms with E-state index in [1.54, 1.807) is 0 Å². The molecular formula is C27H27BrN2O3. The van der Waals surface area contributed by atoms with Crippen LogP contribution >= 0.6 is 15.9 Å². The highest BCUT2D eigenvalue weighted by Gasteiger charge is 2.41. The molecule has 0 unspecified atom stereocenters. The van der Waals surface area contributed by atoms with Gasteiger partial charge in [0.1, 0.15) is 17.2 Å². The van der Waals surface area contributed by atoms with Crippen LogP contribution in [-0.4, -0.2) is 23.9 Å². The number of hydrogen-bond donors (Lipinski definition) is 0. The van der Waals surface area contributed by atoms with Crippen LogP contribution in [0.2, 0.25) is 0 Å². The first-order valence-corrected chi connectivity index (χ1v) is 12.2. The molecule has 5 rings (SSSR count). The Labute approximate surface area is 203 Å². The van der Waals surface area contributed by atoms with Crippen LogP contribution in [0, 0.1) is 0 Å². The lowest BCUT2D eigenvalue weighted by Gasteiger charge is -2.38. The lowest BCUT2D eigenvalue weighted by atomic mass is 9.96. The van der Waals surface area contributed by atoms with Crippen LogP contribution in [-0.2, 0) is 0 Å². The van der Waals surface area contributed by atoms with E-state index in [1.807, 2.05) is 43.3 Å². The van der Waals surface area contributed by atoms with Gasteiger partial charge in [0.2, 0.25) is 6.23 Å². The quantitative estimate of drug-likeness (QED) is 0.350. The third kappa shape index (κ3) is 4.44. The summed E-state index contributed by atoms with van der Waals surface area (Å²) in [5, 5.41) is 7.15. The maximum Gasteiger partial charge on any atom is 0.213 e. The van der Waals surface area contributed by atoms with Gasteiger partial charge in [-0.3, -0.25) is 0 Å². The number of fused-ring (bicyclic) bond motifs is 3.